The molecule has 0 amide bonds. The lowest BCUT2D eigenvalue weighted by Crippen LogP contribution is -1.95. The summed E-state index contributed by atoms with van der Waals surface area (Å²) in [6.07, 6.45) is 1.63. The first kappa shape index (κ1) is 8.96. The van der Waals surface area contributed by atoms with Gasteiger partial charge in [0.25, 0.3) is 0 Å². The van der Waals surface area contributed by atoms with E-state index < -0.39 is 5.97 Å². The summed E-state index contributed by atoms with van der Waals surface area (Å²) in [4.78, 5) is 15.8. The average Bonchev–Trinajstić information content (AvgIpc) is 2.56. The monoisotopic (exact) mass is 209 g/mol. The molecular formula is C9H7NO3S. The van der Waals surface area contributed by atoms with Gasteiger partial charge in [-0.3, -0.25) is 0 Å². The molecule has 2 aromatic heterocycles. The minimum absolute atomic E-state index is 0.196. The second kappa shape index (κ2) is 3.26. The van der Waals surface area contributed by atoms with Crippen molar-refractivity contribution in [2.75, 3.05) is 7.11 Å². The molecule has 0 atom stereocenters. The lowest BCUT2D eigenvalue weighted by atomic mass is 10.3. The Hall–Kier alpha value is -1.62. The van der Waals surface area contributed by atoms with Crippen molar-refractivity contribution in [3.63, 3.8) is 0 Å². The molecule has 5 heteroatoms. The van der Waals surface area contributed by atoms with E-state index in [4.69, 9.17) is 9.84 Å². The molecule has 0 unspecified atom stereocenters. The van der Waals surface area contributed by atoms with Crippen LogP contribution in [0.2, 0.25) is 0 Å². The van der Waals surface area contributed by atoms with Crippen LogP contribution >= 0.6 is 11.3 Å². The Labute approximate surface area is 83.8 Å². The van der Waals surface area contributed by atoms with E-state index >= 15 is 0 Å². The highest BCUT2D eigenvalue weighted by Crippen LogP contribution is 2.35. The number of aromatic carboxylic acids is 1. The minimum Gasteiger partial charge on any atom is -0.494 e. The molecule has 2 rings (SSSR count). The number of nitrogens with zero attached hydrogens (tertiary/aromatic N) is 1. The molecule has 0 saturated heterocycles. The maximum atomic E-state index is 10.9. The first-order valence-electron chi connectivity index (χ1n) is 3.89. The van der Waals surface area contributed by atoms with Gasteiger partial charge in [0.2, 0.25) is 0 Å². The number of thiophene rings is 1. The fourth-order valence-corrected chi connectivity index (χ4v) is 2.20. The zero-order chi connectivity index (χ0) is 10.1. The van der Waals surface area contributed by atoms with Crippen LogP contribution in [0.3, 0.4) is 0 Å². The van der Waals surface area contributed by atoms with Crippen molar-refractivity contribution in [3.05, 3.63) is 23.2 Å². The summed E-state index contributed by atoms with van der Waals surface area (Å²) < 4.78 is 5.05. The Morgan fingerprint density at radius 1 is 1.64 bits per heavy atom. The van der Waals surface area contributed by atoms with Crippen LogP contribution in [-0.2, 0) is 0 Å². The van der Waals surface area contributed by atoms with E-state index in [0.29, 0.717) is 10.6 Å². The smallest absolute Gasteiger partial charge is 0.349 e. The van der Waals surface area contributed by atoms with Crippen LogP contribution in [0.4, 0.5) is 0 Å². The van der Waals surface area contributed by atoms with Gasteiger partial charge in [-0.2, -0.15) is 0 Å². The molecule has 0 spiro atoms. The molecule has 0 radical (unpaired) electrons. The number of pyridine rings is 1. The molecule has 0 bridgehead atoms. The molecular weight excluding hydrogens is 202 g/mol. The van der Waals surface area contributed by atoms with Crippen molar-refractivity contribution in [2.24, 2.45) is 0 Å². The molecule has 0 saturated carbocycles. The largest absolute Gasteiger partial charge is 0.494 e. The Balaban J connectivity index is 2.78. The molecule has 2 heterocycles. The van der Waals surface area contributed by atoms with E-state index in [1.54, 1.807) is 18.3 Å². The number of ether oxygens (including phenoxy) is 1. The Morgan fingerprint density at radius 2 is 2.43 bits per heavy atom. The maximum Gasteiger partial charge on any atom is 0.349 e. The number of carbonyl (C=O) groups is 1. The fourth-order valence-electron chi connectivity index (χ4n) is 1.25. The van der Waals surface area contributed by atoms with Crippen molar-refractivity contribution in [1.29, 1.82) is 0 Å². The van der Waals surface area contributed by atoms with Crippen LogP contribution in [0.25, 0.3) is 10.2 Å². The molecule has 0 aliphatic carbocycles. The zero-order valence-corrected chi connectivity index (χ0v) is 8.17. The van der Waals surface area contributed by atoms with Crippen LogP contribution in [0.5, 0.6) is 5.75 Å². The van der Waals surface area contributed by atoms with Gasteiger partial charge in [0.15, 0.2) is 10.6 Å². The molecule has 72 valence electrons. The third-order valence-corrected chi connectivity index (χ3v) is 2.90. The molecule has 4 nitrogen and oxygen atoms in total. The van der Waals surface area contributed by atoms with Crippen LogP contribution in [0.1, 0.15) is 9.67 Å². The van der Waals surface area contributed by atoms with Gasteiger partial charge < -0.3 is 9.84 Å². The van der Waals surface area contributed by atoms with E-state index in [1.807, 2.05) is 0 Å². The highest BCUT2D eigenvalue weighted by atomic mass is 32.1. The molecule has 0 fully saturated rings. The van der Waals surface area contributed by atoms with E-state index in [2.05, 4.69) is 4.98 Å². The topological polar surface area (TPSA) is 59.4 Å². The number of fused-ring (bicyclic) bond motifs is 1. The average molecular weight is 209 g/mol. The van der Waals surface area contributed by atoms with Gasteiger partial charge in [-0.15, -0.1) is 11.3 Å². The number of aromatic nitrogens is 1. The summed E-state index contributed by atoms with van der Waals surface area (Å²) in [6.45, 7) is 0. The molecule has 1 N–H and O–H groups in total. The summed E-state index contributed by atoms with van der Waals surface area (Å²) >= 11 is 1.12. The first-order chi connectivity index (χ1) is 6.74. The highest BCUT2D eigenvalue weighted by Gasteiger charge is 2.18. The second-order valence-corrected chi connectivity index (χ2v) is 3.62. The highest BCUT2D eigenvalue weighted by molar-refractivity contribution is 7.20. The van der Waals surface area contributed by atoms with E-state index in [9.17, 15) is 4.79 Å². The van der Waals surface area contributed by atoms with Gasteiger partial charge in [-0.1, -0.05) is 0 Å². The summed E-state index contributed by atoms with van der Waals surface area (Å²) in [5.41, 5.74) is 0. The quantitative estimate of drug-likeness (QED) is 0.821. The predicted molar refractivity (Wildman–Crippen MR) is 53.1 cm³/mol. The normalized spacial score (nSPS) is 10.4. The van der Waals surface area contributed by atoms with Crippen LogP contribution in [0, 0.1) is 0 Å². The van der Waals surface area contributed by atoms with Crippen LogP contribution in [-0.4, -0.2) is 23.2 Å². The number of carboxylic acids is 1. The number of carboxylic acid groups (broad SMARTS) is 1. The number of hydrogen-bond donors (Lipinski definition) is 1. The third kappa shape index (κ3) is 1.22. The van der Waals surface area contributed by atoms with Crippen molar-refractivity contribution >= 4 is 27.5 Å². The van der Waals surface area contributed by atoms with Gasteiger partial charge in [-0.05, 0) is 12.1 Å². The van der Waals surface area contributed by atoms with Gasteiger partial charge in [0.1, 0.15) is 4.83 Å². The SMILES string of the molecule is COc1c(C(=O)O)sc2ncccc12. The van der Waals surface area contributed by atoms with Crippen molar-refractivity contribution in [2.45, 2.75) is 0 Å². The lowest BCUT2D eigenvalue weighted by Gasteiger charge is -1.97. The summed E-state index contributed by atoms with van der Waals surface area (Å²) in [5, 5.41) is 9.65. The van der Waals surface area contributed by atoms with E-state index in [0.717, 1.165) is 16.7 Å². The molecule has 0 aliphatic rings. The third-order valence-electron chi connectivity index (χ3n) is 1.82. The minimum atomic E-state index is -0.982. The van der Waals surface area contributed by atoms with Crippen molar-refractivity contribution < 1.29 is 14.6 Å². The van der Waals surface area contributed by atoms with E-state index in [1.165, 1.54) is 7.11 Å². The summed E-state index contributed by atoms with van der Waals surface area (Å²) in [7, 11) is 1.46. The Kier molecular flexibility index (Phi) is 2.09. The van der Waals surface area contributed by atoms with Crippen LogP contribution < -0.4 is 4.74 Å². The summed E-state index contributed by atoms with van der Waals surface area (Å²) in [5.74, 6) is -0.588. The number of methoxy groups -OCH3 is 1. The van der Waals surface area contributed by atoms with Crippen molar-refractivity contribution in [1.82, 2.24) is 4.98 Å². The first-order valence-corrected chi connectivity index (χ1v) is 4.70. The van der Waals surface area contributed by atoms with Crippen LogP contribution in [0.15, 0.2) is 18.3 Å². The van der Waals surface area contributed by atoms with E-state index in [-0.39, 0.29) is 4.88 Å². The van der Waals surface area contributed by atoms with Gasteiger partial charge >= 0.3 is 5.97 Å². The van der Waals surface area contributed by atoms with Gasteiger partial charge in [0, 0.05) is 6.20 Å². The number of rotatable bonds is 2. The lowest BCUT2D eigenvalue weighted by molar-refractivity contribution is 0.0699. The number of hydrogen-bond acceptors (Lipinski definition) is 4. The second-order valence-electron chi connectivity index (χ2n) is 2.63. The fraction of sp³-hybridized carbons (Fsp3) is 0.111. The predicted octanol–water partition coefficient (Wildman–Crippen LogP) is 2.00. The Morgan fingerprint density at radius 3 is 3.07 bits per heavy atom. The summed E-state index contributed by atoms with van der Waals surface area (Å²) in [6, 6.07) is 3.55. The molecule has 0 aliphatic heterocycles. The maximum absolute atomic E-state index is 10.9. The van der Waals surface area contributed by atoms with Gasteiger partial charge in [-0.25, -0.2) is 9.78 Å². The zero-order valence-electron chi connectivity index (χ0n) is 7.35. The molecule has 14 heavy (non-hydrogen) atoms. The van der Waals surface area contributed by atoms with Crippen molar-refractivity contribution in [3.8, 4) is 5.75 Å². The molecule has 0 aromatic carbocycles. The van der Waals surface area contributed by atoms with Gasteiger partial charge in [0.05, 0.1) is 12.5 Å². The molecule has 2 aromatic rings. The Bertz CT molecular complexity index is 492. The standard InChI is InChI=1S/C9H7NO3S/c1-13-6-5-3-2-4-10-8(5)14-7(6)9(11)12/h2-4H,1H3,(H,11,12).